The maximum absolute atomic E-state index is 2.64. The highest BCUT2D eigenvalue weighted by Gasteiger charge is 2.37. The van der Waals surface area contributed by atoms with Gasteiger partial charge in [0.1, 0.15) is 0 Å². The Morgan fingerprint density at radius 3 is 3.15 bits per heavy atom. The summed E-state index contributed by atoms with van der Waals surface area (Å²) in [7, 11) is 0. The molecule has 0 amide bonds. The van der Waals surface area contributed by atoms with Gasteiger partial charge in [-0.25, -0.2) is 0 Å². The lowest BCUT2D eigenvalue weighted by atomic mass is 9.85. The van der Waals surface area contributed by atoms with Gasteiger partial charge in [0.05, 0.1) is 0 Å². The van der Waals surface area contributed by atoms with Gasteiger partial charge in [0.2, 0.25) is 0 Å². The van der Waals surface area contributed by atoms with E-state index in [1.165, 1.54) is 38.6 Å². The van der Waals surface area contributed by atoms with Crippen LogP contribution in [0.2, 0.25) is 0 Å². The Balaban J connectivity index is 1.87. The van der Waals surface area contributed by atoms with Crippen LogP contribution < -0.4 is 0 Å². The molecule has 2 aliphatic heterocycles. The van der Waals surface area contributed by atoms with E-state index in [1.807, 2.05) is 0 Å². The number of hydrogen-bond donors (Lipinski definition) is 0. The second kappa shape index (κ2) is 2.90. The Kier molecular flexibility index (Phi) is 1.71. The summed E-state index contributed by atoms with van der Waals surface area (Å²) in [5.74, 6) is 0.986. The minimum atomic E-state index is 0.893. The summed E-state index contributed by atoms with van der Waals surface area (Å²) in [4.78, 5) is 2.64. The van der Waals surface area contributed by atoms with Gasteiger partial charge in [0, 0.05) is 18.3 Å². The van der Waals surface area contributed by atoms with Crippen LogP contribution in [0, 0.1) is 5.92 Å². The van der Waals surface area contributed by atoms with Gasteiger partial charge >= 0.3 is 0 Å². The van der Waals surface area contributed by atoms with Crippen molar-refractivity contribution in [3.63, 3.8) is 0 Å². The number of fused-ring (bicyclic) bond motifs is 3. The van der Waals surface area contributed by atoms with Crippen molar-refractivity contribution in [2.24, 2.45) is 5.92 Å². The first kappa shape index (κ1) is 7.66. The molecule has 1 saturated heterocycles. The van der Waals surface area contributed by atoms with Crippen molar-refractivity contribution in [2.45, 2.75) is 38.1 Å². The Hall–Kier alpha value is -0.720. The van der Waals surface area contributed by atoms with E-state index in [9.17, 15) is 0 Å². The molecule has 2 atom stereocenters. The van der Waals surface area contributed by atoms with E-state index >= 15 is 0 Å². The monoisotopic (exact) mass is 175 g/mol. The highest BCUT2D eigenvalue weighted by molar-refractivity contribution is 5.23. The Labute approximate surface area is 80.1 Å². The fourth-order valence-corrected chi connectivity index (χ4v) is 3.21. The van der Waals surface area contributed by atoms with Gasteiger partial charge in [-0.15, -0.1) is 0 Å². The molecule has 1 aliphatic carbocycles. The quantitative estimate of drug-likeness (QED) is 0.547. The summed E-state index contributed by atoms with van der Waals surface area (Å²) < 4.78 is 0. The molecule has 0 aromatic carbocycles. The van der Waals surface area contributed by atoms with Crippen LogP contribution in [0.15, 0.2) is 23.9 Å². The molecule has 0 N–H and O–H groups in total. The largest absolute Gasteiger partial charge is 0.368 e. The Bertz CT molecular complexity index is 264. The van der Waals surface area contributed by atoms with Crippen molar-refractivity contribution >= 4 is 0 Å². The topological polar surface area (TPSA) is 3.24 Å². The number of rotatable bonds is 0. The lowest BCUT2D eigenvalue weighted by Crippen LogP contribution is -2.34. The van der Waals surface area contributed by atoms with Crippen molar-refractivity contribution in [1.82, 2.24) is 4.90 Å². The minimum absolute atomic E-state index is 0.893. The van der Waals surface area contributed by atoms with Crippen LogP contribution in [0.5, 0.6) is 0 Å². The van der Waals surface area contributed by atoms with Crippen molar-refractivity contribution in [1.29, 1.82) is 0 Å². The third-order valence-corrected chi connectivity index (χ3v) is 3.84. The minimum Gasteiger partial charge on any atom is -0.368 e. The zero-order chi connectivity index (χ0) is 8.67. The number of allylic oxidation sites excluding steroid dienone is 3. The van der Waals surface area contributed by atoms with Crippen molar-refractivity contribution < 1.29 is 0 Å². The lowest BCUT2D eigenvalue weighted by molar-refractivity contribution is 0.212. The van der Waals surface area contributed by atoms with Crippen LogP contribution in [0.25, 0.3) is 0 Å². The van der Waals surface area contributed by atoms with Gasteiger partial charge < -0.3 is 4.90 Å². The van der Waals surface area contributed by atoms with E-state index in [2.05, 4.69) is 23.1 Å². The molecule has 1 nitrogen and oxygen atoms in total. The van der Waals surface area contributed by atoms with E-state index in [0.717, 1.165) is 12.0 Å². The average Bonchev–Trinajstić information content (AvgIpc) is 2.56. The maximum atomic E-state index is 2.64. The van der Waals surface area contributed by atoms with E-state index < -0.39 is 0 Å². The summed E-state index contributed by atoms with van der Waals surface area (Å²) in [6.45, 7) is 1.17. The molecule has 13 heavy (non-hydrogen) atoms. The second-order valence-electron chi connectivity index (χ2n) is 4.55. The smallest absolute Gasteiger partial charge is 0.0362 e. The first-order valence-corrected chi connectivity index (χ1v) is 5.57. The second-order valence-corrected chi connectivity index (χ2v) is 4.55. The standard InChI is InChI=1S/C12H17N/c1-2-7-12-10(5-1)9-11-6-3-4-8-13(11)12/h3-4,6,10,12H,1-2,5,7-9H2. The van der Waals surface area contributed by atoms with Crippen LogP contribution in [0.3, 0.4) is 0 Å². The number of nitrogens with zero attached hydrogens (tertiary/aromatic N) is 1. The van der Waals surface area contributed by atoms with Crippen molar-refractivity contribution in [2.75, 3.05) is 6.54 Å². The average molecular weight is 175 g/mol. The highest BCUT2D eigenvalue weighted by atomic mass is 15.2. The SMILES string of the molecule is C1=CCN2C(=C1)CC1CCCCC12. The molecule has 2 unspecified atom stereocenters. The fourth-order valence-electron chi connectivity index (χ4n) is 3.21. The molecule has 70 valence electrons. The van der Waals surface area contributed by atoms with E-state index in [4.69, 9.17) is 0 Å². The molecule has 1 heteroatoms. The van der Waals surface area contributed by atoms with Gasteiger partial charge in [-0.3, -0.25) is 0 Å². The summed E-state index contributed by atoms with van der Waals surface area (Å²) in [5.41, 5.74) is 1.61. The Morgan fingerprint density at radius 1 is 1.23 bits per heavy atom. The van der Waals surface area contributed by atoms with Crippen LogP contribution in [0.4, 0.5) is 0 Å². The van der Waals surface area contributed by atoms with Crippen LogP contribution >= 0.6 is 0 Å². The summed E-state index contributed by atoms with van der Waals surface area (Å²) in [6.07, 6.45) is 14.0. The van der Waals surface area contributed by atoms with Crippen LogP contribution in [-0.4, -0.2) is 17.5 Å². The van der Waals surface area contributed by atoms with E-state index in [-0.39, 0.29) is 0 Å². The highest BCUT2D eigenvalue weighted by Crippen LogP contribution is 2.42. The predicted octanol–water partition coefficient (Wildman–Crippen LogP) is 2.70. The van der Waals surface area contributed by atoms with E-state index in [1.54, 1.807) is 5.70 Å². The van der Waals surface area contributed by atoms with Crippen molar-refractivity contribution in [3.8, 4) is 0 Å². The lowest BCUT2D eigenvalue weighted by Gasteiger charge is -2.33. The summed E-state index contributed by atoms with van der Waals surface area (Å²) in [6, 6.07) is 0.893. The molecule has 0 spiro atoms. The molecule has 3 rings (SSSR count). The number of hydrogen-bond acceptors (Lipinski definition) is 1. The van der Waals surface area contributed by atoms with Gasteiger partial charge in [0.15, 0.2) is 0 Å². The van der Waals surface area contributed by atoms with Crippen LogP contribution in [0.1, 0.15) is 32.1 Å². The van der Waals surface area contributed by atoms with Gasteiger partial charge in [-0.1, -0.05) is 25.0 Å². The first-order valence-electron chi connectivity index (χ1n) is 5.57. The molecule has 0 bridgehead atoms. The third-order valence-electron chi connectivity index (χ3n) is 3.84. The molecular weight excluding hydrogens is 158 g/mol. The Morgan fingerprint density at radius 2 is 2.15 bits per heavy atom. The molecular formula is C12H17N. The zero-order valence-electron chi connectivity index (χ0n) is 8.08. The third kappa shape index (κ3) is 1.13. The maximum Gasteiger partial charge on any atom is 0.0362 e. The fraction of sp³-hybridized carbons (Fsp3) is 0.667. The first-order chi connectivity index (χ1) is 6.45. The van der Waals surface area contributed by atoms with Crippen LogP contribution in [-0.2, 0) is 0 Å². The van der Waals surface area contributed by atoms with Gasteiger partial charge in [-0.05, 0) is 31.3 Å². The summed E-state index contributed by atoms with van der Waals surface area (Å²) >= 11 is 0. The normalized spacial score (nSPS) is 36.9. The predicted molar refractivity (Wildman–Crippen MR) is 54.3 cm³/mol. The zero-order valence-corrected chi connectivity index (χ0v) is 8.08. The van der Waals surface area contributed by atoms with E-state index in [0.29, 0.717) is 0 Å². The molecule has 0 radical (unpaired) electrons. The van der Waals surface area contributed by atoms with Gasteiger partial charge in [-0.2, -0.15) is 0 Å². The molecule has 2 fully saturated rings. The van der Waals surface area contributed by atoms with Gasteiger partial charge in [0.25, 0.3) is 0 Å². The summed E-state index contributed by atoms with van der Waals surface area (Å²) in [5, 5.41) is 0. The molecule has 1 saturated carbocycles. The van der Waals surface area contributed by atoms with Crippen molar-refractivity contribution in [3.05, 3.63) is 23.9 Å². The molecule has 2 heterocycles. The molecule has 3 aliphatic rings. The molecule has 0 aromatic heterocycles. The molecule has 0 aromatic rings.